The van der Waals surface area contributed by atoms with E-state index in [9.17, 15) is 0 Å². The first kappa shape index (κ1) is 11.0. The Morgan fingerprint density at radius 1 is 1.25 bits per heavy atom. The quantitative estimate of drug-likeness (QED) is 0.859. The first-order valence-electron chi connectivity index (χ1n) is 4.77. The topological polar surface area (TPSA) is 48.1 Å². The number of rotatable bonds is 2. The van der Waals surface area contributed by atoms with Crippen molar-refractivity contribution in [3.63, 3.8) is 0 Å². The number of hydrogen-bond acceptors (Lipinski definition) is 3. The van der Waals surface area contributed by atoms with Crippen LogP contribution in [0.1, 0.15) is 0 Å². The molecular formula is C12H11BrN2O. The lowest BCUT2D eigenvalue weighted by Gasteiger charge is -2.10. The van der Waals surface area contributed by atoms with Gasteiger partial charge in [-0.25, -0.2) is 4.98 Å². The zero-order valence-electron chi connectivity index (χ0n) is 8.77. The second-order valence-corrected chi connectivity index (χ2v) is 4.11. The smallest absolute Gasteiger partial charge is 0.126 e. The minimum atomic E-state index is 0.632. The van der Waals surface area contributed by atoms with Gasteiger partial charge in [-0.05, 0) is 28.1 Å². The van der Waals surface area contributed by atoms with Gasteiger partial charge in [0.1, 0.15) is 10.4 Å². The summed E-state index contributed by atoms with van der Waals surface area (Å²) >= 11 is 3.33. The fourth-order valence-corrected chi connectivity index (χ4v) is 1.87. The standard InChI is InChI=1S/C12H11BrN2O/c1-16-11-5-3-2-4-8(11)9-6-12(13)15-7-10(9)14/h2-7H,14H2,1H3. The van der Waals surface area contributed by atoms with Gasteiger partial charge in [0, 0.05) is 11.1 Å². The molecule has 0 bridgehead atoms. The molecule has 0 spiro atoms. The monoisotopic (exact) mass is 278 g/mol. The summed E-state index contributed by atoms with van der Waals surface area (Å²) < 4.78 is 6.06. The average Bonchev–Trinajstić information content (AvgIpc) is 2.32. The van der Waals surface area contributed by atoms with Crippen LogP contribution in [0, 0.1) is 0 Å². The Balaban J connectivity index is 2.62. The summed E-state index contributed by atoms with van der Waals surface area (Å²) in [7, 11) is 1.64. The molecule has 0 radical (unpaired) electrons. The van der Waals surface area contributed by atoms with E-state index in [-0.39, 0.29) is 0 Å². The summed E-state index contributed by atoms with van der Waals surface area (Å²) in [5.74, 6) is 0.798. The first-order chi connectivity index (χ1) is 7.72. The molecule has 2 aromatic rings. The summed E-state index contributed by atoms with van der Waals surface area (Å²) in [6.07, 6.45) is 1.63. The highest BCUT2D eigenvalue weighted by Crippen LogP contribution is 2.34. The van der Waals surface area contributed by atoms with Crippen molar-refractivity contribution in [3.8, 4) is 16.9 Å². The van der Waals surface area contributed by atoms with Gasteiger partial charge >= 0.3 is 0 Å². The number of nitrogens with zero attached hydrogens (tertiary/aromatic N) is 1. The second-order valence-electron chi connectivity index (χ2n) is 3.29. The molecule has 0 atom stereocenters. The molecule has 0 aliphatic heterocycles. The van der Waals surface area contributed by atoms with Crippen molar-refractivity contribution in [1.82, 2.24) is 4.98 Å². The van der Waals surface area contributed by atoms with Crippen LogP contribution in [-0.2, 0) is 0 Å². The third-order valence-electron chi connectivity index (χ3n) is 2.30. The number of anilines is 1. The molecular weight excluding hydrogens is 268 g/mol. The van der Waals surface area contributed by atoms with Crippen molar-refractivity contribution in [3.05, 3.63) is 41.1 Å². The van der Waals surface area contributed by atoms with Gasteiger partial charge in [0.25, 0.3) is 0 Å². The van der Waals surface area contributed by atoms with Crippen LogP contribution in [0.15, 0.2) is 41.1 Å². The van der Waals surface area contributed by atoms with Gasteiger partial charge in [0.15, 0.2) is 0 Å². The zero-order valence-corrected chi connectivity index (χ0v) is 10.4. The van der Waals surface area contributed by atoms with E-state index in [1.54, 1.807) is 13.3 Å². The number of hydrogen-bond donors (Lipinski definition) is 1. The maximum atomic E-state index is 5.91. The van der Waals surface area contributed by atoms with Gasteiger partial charge < -0.3 is 10.5 Å². The third-order valence-corrected chi connectivity index (χ3v) is 2.73. The molecule has 0 saturated carbocycles. The molecule has 3 nitrogen and oxygen atoms in total. The van der Waals surface area contributed by atoms with Crippen LogP contribution in [0.2, 0.25) is 0 Å². The molecule has 0 saturated heterocycles. The van der Waals surface area contributed by atoms with E-state index in [1.807, 2.05) is 30.3 Å². The van der Waals surface area contributed by atoms with Gasteiger partial charge in [-0.1, -0.05) is 18.2 Å². The summed E-state index contributed by atoms with van der Waals surface area (Å²) in [4.78, 5) is 4.07. The summed E-state index contributed by atoms with van der Waals surface area (Å²) in [5, 5.41) is 0. The van der Waals surface area contributed by atoms with E-state index in [0.717, 1.165) is 21.5 Å². The van der Waals surface area contributed by atoms with E-state index in [0.29, 0.717) is 5.69 Å². The normalized spacial score (nSPS) is 10.1. The summed E-state index contributed by atoms with van der Waals surface area (Å²) in [5.41, 5.74) is 8.42. The number of halogens is 1. The largest absolute Gasteiger partial charge is 0.496 e. The van der Waals surface area contributed by atoms with E-state index in [1.165, 1.54) is 0 Å². The second kappa shape index (κ2) is 4.53. The molecule has 1 heterocycles. The van der Waals surface area contributed by atoms with E-state index in [4.69, 9.17) is 10.5 Å². The van der Waals surface area contributed by atoms with Crippen molar-refractivity contribution in [2.45, 2.75) is 0 Å². The summed E-state index contributed by atoms with van der Waals surface area (Å²) in [6, 6.07) is 9.63. The van der Waals surface area contributed by atoms with Gasteiger partial charge in [0.05, 0.1) is 19.0 Å². The van der Waals surface area contributed by atoms with E-state index < -0.39 is 0 Å². The molecule has 1 aromatic heterocycles. The third kappa shape index (κ3) is 2.02. The summed E-state index contributed by atoms with van der Waals surface area (Å²) in [6.45, 7) is 0. The lowest BCUT2D eigenvalue weighted by Crippen LogP contribution is -1.94. The minimum Gasteiger partial charge on any atom is -0.496 e. The molecule has 2 rings (SSSR count). The molecule has 0 unspecified atom stereocenters. The Morgan fingerprint density at radius 3 is 2.75 bits per heavy atom. The Hall–Kier alpha value is -1.55. The molecule has 0 aliphatic carbocycles. The number of aromatic nitrogens is 1. The molecule has 16 heavy (non-hydrogen) atoms. The SMILES string of the molecule is COc1ccccc1-c1cc(Br)ncc1N. The van der Waals surface area contributed by atoms with Crippen LogP contribution in [0.25, 0.3) is 11.1 Å². The van der Waals surface area contributed by atoms with Crippen LogP contribution in [0.5, 0.6) is 5.75 Å². The van der Waals surface area contributed by atoms with Crippen molar-refractivity contribution in [2.24, 2.45) is 0 Å². The number of ether oxygens (including phenoxy) is 1. The number of para-hydroxylation sites is 1. The van der Waals surface area contributed by atoms with Crippen LogP contribution in [-0.4, -0.2) is 12.1 Å². The molecule has 1 aromatic carbocycles. The van der Waals surface area contributed by atoms with Crippen LogP contribution in [0.4, 0.5) is 5.69 Å². The Bertz CT molecular complexity index is 514. The van der Waals surface area contributed by atoms with Crippen LogP contribution >= 0.6 is 15.9 Å². The number of nitrogen functional groups attached to an aromatic ring is 1. The average molecular weight is 279 g/mol. The van der Waals surface area contributed by atoms with Gasteiger partial charge in [-0.3, -0.25) is 0 Å². The predicted octanol–water partition coefficient (Wildman–Crippen LogP) is 3.10. The zero-order chi connectivity index (χ0) is 11.5. The Labute approximate surface area is 102 Å². The predicted molar refractivity (Wildman–Crippen MR) is 68.3 cm³/mol. The van der Waals surface area contributed by atoms with E-state index in [2.05, 4.69) is 20.9 Å². The number of pyridine rings is 1. The van der Waals surface area contributed by atoms with Gasteiger partial charge in [-0.2, -0.15) is 0 Å². The van der Waals surface area contributed by atoms with Crippen molar-refractivity contribution < 1.29 is 4.74 Å². The van der Waals surface area contributed by atoms with Crippen molar-refractivity contribution in [1.29, 1.82) is 0 Å². The Morgan fingerprint density at radius 2 is 2.00 bits per heavy atom. The maximum absolute atomic E-state index is 5.91. The molecule has 0 fully saturated rings. The van der Waals surface area contributed by atoms with Crippen molar-refractivity contribution >= 4 is 21.6 Å². The maximum Gasteiger partial charge on any atom is 0.126 e. The molecule has 82 valence electrons. The number of methoxy groups -OCH3 is 1. The van der Waals surface area contributed by atoms with Crippen LogP contribution in [0.3, 0.4) is 0 Å². The van der Waals surface area contributed by atoms with E-state index >= 15 is 0 Å². The molecule has 4 heteroatoms. The van der Waals surface area contributed by atoms with Gasteiger partial charge in [0.2, 0.25) is 0 Å². The highest BCUT2D eigenvalue weighted by Gasteiger charge is 2.08. The highest BCUT2D eigenvalue weighted by atomic mass is 79.9. The van der Waals surface area contributed by atoms with Gasteiger partial charge in [-0.15, -0.1) is 0 Å². The molecule has 0 aliphatic rings. The Kier molecular flexibility index (Phi) is 3.10. The minimum absolute atomic E-state index is 0.632. The fraction of sp³-hybridized carbons (Fsp3) is 0.0833. The molecule has 2 N–H and O–H groups in total. The lowest BCUT2D eigenvalue weighted by molar-refractivity contribution is 0.416. The number of benzene rings is 1. The van der Waals surface area contributed by atoms with Crippen molar-refractivity contribution in [2.75, 3.05) is 12.8 Å². The highest BCUT2D eigenvalue weighted by molar-refractivity contribution is 9.10. The fourth-order valence-electron chi connectivity index (χ4n) is 1.54. The molecule has 0 amide bonds. The lowest BCUT2D eigenvalue weighted by atomic mass is 10.0. The van der Waals surface area contributed by atoms with Crippen LogP contribution < -0.4 is 10.5 Å². The first-order valence-corrected chi connectivity index (χ1v) is 5.56. The number of nitrogens with two attached hydrogens (primary N) is 1.